The standard InChI is InChI=1S/C9H11N3O5/c1-3-7-4-5-8(9(6-7)11(13)14)10(17-2)12(15)16/h4-6H,3H2,1-2H3. The van der Waals surface area contributed by atoms with Gasteiger partial charge in [0.2, 0.25) is 5.69 Å². The lowest BCUT2D eigenvalue weighted by Gasteiger charge is -2.10. The summed E-state index contributed by atoms with van der Waals surface area (Å²) in [5.41, 5.74) is 0.155. The van der Waals surface area contributed by atoms with Crippen LogP contribution in [0.3, 0.4) is 0 Å². The van der Waals surface area contributed by atoms with Crippen molar-refractivity contribution in [3.8, 4) is 0 Å². The molecule has 0 amide bonds. The summed E-state index contributed by atoms with van der Waals surface area (Å²) in [4.78, 5) is 25.3. The number of nitro groups is 2. The fourth-order valence-corrected chi connectivity index (χ4v) is 1.35. The quantitative estimate of drug-likeness (QED) is 0.574. The van der Waals surface area contributed by atoms with Crippen LogP contribution >= 0.6 is 0 Å². The Morgan fingerprint density at radius 3 is 2.41 bits per heavy atom. The van der Waals surface area contributed by atoms with Crippen molar-refractivity contribution in [3.05, 3.63) is 44.0 Å². The molecule has 17 heavy (non-hydrogen) atoms. The van der Waals surface area contributed by atoms with E-state index < -0.39 is 9.96 Å². The molecule has 0 unspecified atom stereocenters. The molecule has 0 aliphatic carbocycles. The highest BCUT2D eigenvalue weighted by atomic mass is 16.8. The van der Waals surface area contributed by atoms with Crippen LogP contribution in [0, 0.1) is 20.2 Å². The van der Waals surface area contributed by atoms with Gasteiger partial charge in [-0.2, -0.15) is 0 Å². The summed E-state index contributed by atoms with van der Waals surface area (Å²) < 4.78 is 0. The SMILES string of the molecule is CCc1ccc(N(OC)[N+](=O)[O-])c([N+](=O)[O-])c1. The van der Waals surface area contributed by atoms with Gasteiger partial charge in [-0.3, -0.25) is 10.1 Å². The Bertz CT molecular complexity index is 448. The molecule has 0 spiro atoms. The number of hydrogen-bond donors (Lipinski definition) is 0. The Morgan fingerprint density at radius 2 is 2.00 bits per heavy atom. The summed E-state index contributed by atoms with van der Waals surface area (Å²) in [5.74, 6) is 0. The first-order chi connectivity index (χ1) is 8.01. The van der Waals surface area contributed by atoms with Crippen LogP contribution in [0.15, 0.2) is 18.2 Å². The van der Waals surface area contributed by atoms with Crippen molar-refractivity contribution in [2.75, 3.05) is 12.3 Å². The number of anilines is 1. The minimum Gasteiger partial charge on any atom is -0.258 e. The van der Waals surface area contributed by atoms with Crippen LogP contribution in [-0.2, 0) is 11.3 Å². The molecule has 92 valence electrons. The normalized spacial score (nSPS) is 10.0. The van der Waals surface area contributed by atoms with Gasteiger partial charge in [0, 0.05) is 11.2 Å². The fraction of sp³-hybridized carbons (Fsp3) is 0.333. The second kappa shape index (κ2) is 5.21. The van der Waals surface area contributed by atoms with E-state index in [1.165, 1.54) is 12.1 Å². The van der Waals surface area contributed by atoms with Crippen molar-refractivity contribution >= 4 is 11.4 Å². The van der Waals surface area contributed by atoms with Crippen LogP contribution in [0.5, 0.6) is 0 Å². The summed E-state index contributed by atoms with van der Waals surface area (Å²) in [6.07, 6.45) is 0.604. The molecule has 0 saturated heterocycles. The Morgan fingerprint density at radius 1 is 1.35 bits per heavy atom. The maximum absolute atomic E-state index is 10.8. The van der Waals surface area contributed by atoms with E-state index >= 15 is 0 Å². The second-order valence-electron chi connectivity index (χ2n) is 3.13. The Hall–Kier alpha value is -2.22. The van der Waals surface area contributed by atoms with Gasteiger partial charge in [0.25, 0.3) is 0 Å². The van der Waals surface area contributed by atoms with Gasteiger partial charge in [-0.25, -0.2) is 15.0 Å². The molecule has 0 heterocycles. The van der Waals surface area contributed by atoms with E-state index in [-0.39, 0.29) is 16.5 Å². The minimum absolute atomic E-state index is 0.209. The number of hydrogen-bond acceptors (Lipinski definition) is 5. The molecule has 0 saturated carbocycles. The van der Waals surface area contributed by atoms with Crippen LogP contribution in [-0.4, -0.2) is 17.1 Å². The summed E-state index contributed by atoms with van der Waals surface area (Å²) >= 11 is 0. The highest BCUT2D eigenvalue weighted by Gasteiger charge is 2.27. The van der Waals surface area contributed by atoms with Crippen LogP contribution < -0.4 is 5.17 Å². The lowest BCUT2D eigenvalue weighted by Crippen LogP contribution is -2.29. The van der Waals surface area contributed by atoms with E-state index in [9.17, 15) is 20.2 Å². The highest BCUT2D eigenvalue weighted by molar-refractivity contribution is 5.61. The smallest absolute Gasteiger partial charge is 0.258 e. The first-order valence-electron chi connectivity index (χ1n) is 4.77. The molecule has 0 aromatic heterocycles. The Labute approximate surface area is 96.6 Å². The number of nitrogens with zero attached hydrogens (tertiary/aromatic N) is 3. The van der Waals surface area contributed by atoms with E-state index in [0.29, 0.717) is 6.42 Å². The second-order valence-corrected chi connectivity index (χ2v) is 3.13. The summed E-state index contributed by atoms with van der Waals surface area (Å²) in [7, 11) is 1.07. The zero-order chi connectivity index (χ0) is 13.0. The number of hydrazine groups is 1. The first-order valence-corrected chi connectivity index (χ1v) is 4.77. The molecule has 8 nitrogen and oxygen atoms in total. The van der Waals surface area contributed by atoms with Crippen molar-refractivity contribution in [1.29, 1.82) is 0 Å². The van der Waals surface area contributed by atoms with Crippen molar-refractivity contribution in [1.82, 2.24) is 0 Å². The lowest BCUT2D eigenvalue weighted by atomic mass is 10.1. The van der Waals surface area contributed by atoms with Gasteiger partial charge in [-0.1, -0.05) is 13.0 Å². The maximum atomic E-state index is 10.8. The molecule has 1 aromatic rings. The Balaban J connectivity index is 3.31. The predicted octanol–water partition coefficient (Wildman–Crippen LogP) is 1.72. The molecular formula is C9H11N3O5. The number of aryl methyl sites for hydroxylation is 1. The van der Waals surface area contributed by atoms with Gasteiger partial charge in [0.05, 0.1) is 12.0 Å². The van der Waals surface area contributed by atoms with Gasteiger partial charge in [-0.15, -0.1) is 0 Å². The van der Waals surface area contributed by atoms with Gasteiger partial charge in [0.15, 0.2) is 5.03 Å². The summed E-state index contributed by atoms with van der Waals surface area (Å²) in [5, 5.41) is 20.9. The van der Waals surface area contributed by atoms with Crippen molar-refractivity contribution < 1.29 is 14.8 Å². The topological polar surface area (TPSA) is 98.8 Å². The van der Waals surface area contributed by atoms with Gasteiger partial charge >= 0.3 is 5.69 Å². The third-order valence-electron chi connectivity index (χ3n) is 2.17. The molecule has 0 N–H and O–H groups in total. The number of rotatable bonds is 5. The van der Waals surface area contributed by atoms with Crippen LogP contribution in [0.4, 0.5) is 11.4 Å². The third kappa shape index (κ3) is 2.67. The van der Waals surface area contributed by atoms with E-state index in [0.717, 1.165) is 12.7 Å². The Kier molecular flexibility index (Phi) is 3.94. The molecule has 0 aliphatic rings. The largest absolute Gasteiger partial charge is 0.301 e. The zero-order valence-corrected chi connectivity index (χ0v) is 9.32. The molecule has 8 heteroatoms. The van der Waals surface area contributed by atoms with E-state index in [4.69, 9.17) is 0 Å². The van der Waals surface area contributed by atoms with Gasteiger partial charge in [0.1, 0.15) is 0 Å². The monoisotopic (exact) mass is 241 g/mol. The minimum atomic E-state index is -0.867. The van der Waals surface area contributed by atoms with Gasteiger partial charge in [-0.05, 0) is 18.1 Å². The molecule has 0 atom stereocenters. The zero-order valence-electron chi connectivity index (χ0n) is 9.32. The average molecular weight is 241 g/mol. The number of benzene rings is 1. The molecule has 0 radical (unpaired) electrons. The molecule has 1 aromatic carbocycles. The molecule has 0 bridgehead atoms. The van der Waals surface area contributed by atoms with E-state index in [2.05, 4.69) is 4.84 Å². The maximum Gasteiger partial charge on any atom is 0.301 e. The average Bonchev–Trinajstić information content (AvgIpc) is 2.29. The van der Waals surface area contributed by atoms with Crippen molar-refractivity contribution in [2.24, 2.45) is 0 Å². The fourth-order valence-electron chi connectivity index (χ4n) is 1.35. The molecule has 0 fully saturated rings. The predicted molar refractivity (Wildman–Crippen MR) is 59.0 cm³/mol. The van der Waals surface area contributed by atoms with Crippen molar-refractivity contribution in [3.63, 3.8) is 0 Å². The van der Waals surface area contributed by atoms with Crippen LogP contribution in [0.2, 0.25) is 0 Å². The summed E-state index contributed by atoms with van der Waals surface area (Å²) in [6.45, 7) is 1.83. The van der Waals surface area contributed by atoms with Crippen LogP contribution in [0.25, 0.3) is 0 Å². The van der Waals surface area contributed by atoms with Gasteiger partial charge < -0.3 is 0 Å². The molecule has 0 aliphatic heterocycles. The van der Waals surface area contributed by atoms with E-state index in [1.54, 1.807) is 6.07 Å². The lowest BCUT2D eigenvalue weighted by molar-refractivity contribution is -0.545. The van der Waals surface area contributed by atoms with Crippen LogP contribution in [0.1, 0.15) is 12.5 Å². The first kappa shape index (κ1) is 12.8. The molecular weight excluding hydrogens is 230 g/mol. The third-order valence-corrected chi connectivity index (χ3v) is 2.17. The van der Waals surface area contributed by atoms with E-state index in [1.807, 2.05) is 6.92 Å². The highest BCUT2D eigenvalue weighted by Crippen LogP contribution is 2.29. The number of nitro benzene ring substituents is 1. The molecule has 1 rings (SSSR count). The van der Waals surface area contributed by atoms with Crippen molar-refractivity contribution in [2.45, 2.75) is 13.3 Å². The summed E-state index contributed by atoms with van der Waals surface area (Å²) in [6, 6.07) is 4.17.